The third kappa shape index (κ3) is 3.32. The second-order valence-electron chi connectivity index (χ2n) is 5.40. The highest BCUT2D eigenvalue weighted by molar-refractivity contribution is 5.40. The van der Waals surface area contributed by atoms with Crippen molar-refractivity contribution in [2.75, 3.05) is 6.54 Å². The average molecular weight is 231 g/mol. The summed E-state index contributed by atoms with van der Waals surface area (Å²) >= 11 is 0. The number of fused-ring (bicyclic) bond motifs is 1. The van der Waals surface area contributed by atoms with Gasteiger partial charge in [-0.1, -0.05) is 50.5 Å². The number of nitrogens with one attached hydrogen (secondary N) is 1. The van der Waals surface area contributed by atoms with Gasteiger partial charge >= 0.3 is 0 Å². The molecule has 0 saturated heterocycles. The van der Waals surface area contributed by atoms with E-state index >= 15 is 0 Å². The minimum absolute atomic E-state index is 0.675. The maximum absolute atomic E-state index is 3.68. The molecule has 2 unspecified atom stereocenters. The minimum Gasteiger partial charge on any atom is -0.314 e. The molecule has 0 bridgehead atoms. The van der Waals surface area contributed by atoms with E-state index in [1.54, 1.807) is 11.1 Å². The number of hydrogen-bond donors (Lipinski definition) is 1. The standard InChI is InChI=1S/C16H25N/c1-3-4-5-8-13(2)17-12-15-11-14-9-6-7-10-16(14)15/h6-7,9-10,13,15,17H,3-5,8,11-12H2,1-2H3. The number of hydrogen-bond acceptors (Lipinski definition) is 1. The molecule has 0 amide bonds. The molecule has 0 radical (unpaired) electrons. The Bertz CT molecular complexity index is 345. The molecule has 1 aromatic carbocycles. The number of benzene rings is 1. The van der Waals surface area contributed by atoms with Crippen LogP contribution < -0.4 is 5.32 Å². The fourth-order valence-corrected chi connectivity index (χ4v) is 2.69. The van der Waals surface area contributed by atoms with E-state index in [1.807, 2.05) is 0 Å². The molecule has 2 rings (SSSR count). The summed E-state index contributed by atoms with van der Waals surface area (Å²) in [5.41, 5.74) is 3.12. The quantitative estimate of drug-likeness (QED) is 0.702. The average Bonchev–Trinajstić information content (AvgIpc) is 2.31. The van der Waals surface area contributed by atoms with Gasteiger partial charge in [0, 0.05) is 18.5 Å². The van der Waals surface area contributed by atoms with Gasteiger partial charge in [0.2, 0.25) is 0 Å². The van der Waals surface area contributed by atoms with Gasteiger partial charge in [-0.25, -0.2) is 0 Å². The largest absolute Gasteiger partial charge is 0.314 e. The van der Waals surface area contributed by atoms with Crippen molar-refractivity contribution < 1.29 is 0 Å². The zero-order chi connectivity index (χ0) is 12.1. The molecule has 1 aromatic rings. The zero-order valence-electron chi connectivity index (χ0n) is 11.2. The van der Waals surface area contributed by atoms with Crippen LogP contribution in [0.5, 0.6) is 0 Å². The van der Waals surface area contributed by atoms with E-state index in [9.17, 15) is 0 Å². The van der Waals surface area contributed by atoms with Gasteiger partial charge < -0.3 is 5.32 Å². The molecule has 1 aliphatic rings. The lowest BCUT2D eigenvalue weighted by atomic mass is 9.77. The lowest BCUT2D eigenvalue weighted by Crippen LogP contribution is -2.34. The molecule has 17 heavy (non-hydrogen) atoms. The lowest BCUT2D eigenvalue weighted by Gasteiger charge is -2.31. The fourth-order valence-electron chi connectivity index (χ4n) is 2.69. The summed E-state index contributed by atoms with van der Waals surface area (Å²) in [7, 11) is 0. The van der Waals surface area contributed by atoms with Crippen LogP contribution in [0.15, 0.2) is 24.3 Å². The second kappa shape index (κ2) is 6.20. The molecule has 1 nitrogen and oxygen atoms in total. The van der Waals surface area contributed by atoms with Gasteiger partial charge in [-0.05, 0) is 30.9 Å². The molecule has 1 N–H and O–H groups in total. The van der Waals surface area contributed by atoms with Crippen molar-refractivity contribution in [3.63, 3.8) is 0 Å². The van der Waals surface area contributed by atoms with Gasteiger partial charge in [0.05, 0.1) is 0 Å². The van der Waals surface area contributed by atoms with Crippen molar-refractivity contribution in [1.29, 1.82) is 0 Å². The van der Waals surface area contributed by atoms with E-state index in [4.69, 9.17) is 0 Å². The minimum atomic E-state index is 0.675. The Kier molecular flexibility index (Phi) is 4.61. The smallest absolute Gasteiger partial charge is 0.00389 e. The summed E-state index contributed by atoms with van der Waals surface area (Å²) in [5.74, 6) is 0.764. The predicted molar refractivity (Wildman–Crippen MR) is 74.5 cm³/mol. The van der Waals surface area contributed by atoms with E-state index in [-0.39, 0.29) is 0 Å². The molecule has 0 aromatic heterocycles. The molecule has 2 atom stereocenters. The fraction of sp³-hybridized carbons (Fsp3) is 0.625. The van der Waals surface area contributed by atoms with Crippen molar-refractivity contribution in [3.8, 4) is 0 Å². The predicted octanol–water partition coefficient (Wildman–Crippen LogP) is 3.88. The SMILES string of the molecule is CCCCCC(C)NCC1Cc2ccccc21. The Morgan fingerprint density at radius 1 is 1.29 bits per heavy atom. The lowest BCUT2D eigenvalue weighted by molar-refractivity contribution is 0.447. The van der Waals surface area contributed by atoms with Crippen LogP contribution in [-0.4, -0.2) is 12.6 Å². The molecule has 1 heteroatoms. The van der Waals surface area contributed by atoms with Crippen LogP contribution in [0.2, 0.25) is 0 Å². The van der Waals surface area contributed by atoms with Gasteiger partial charge in [0.15, 0.2) is 0 Å². The van der Waals surface area contributed by atoms with E-state index in [0.29, 0.717) is 6.04 Å². The molecule has 0 saturated carbocycles. The van der Waals surface area contributed by atoms with Crippen LogP contribution in [-0.2, 0) is 6.42 Å². The Morgan fingerprint density at radius 2 is 2.12 bits per heavy atom. The van der Waals surface area contributed by atoms with Crippen LogP contribution in [0, 0.1) is 0 Å². The Hall–Kier alpha value is -0.820. The first kappa shape index (κ1) is 12.6. The summed E-state index contributed by atoms with van der Waals surface area (Å²) in [6.07, 6.45) is 6.65. The molecule has 0 spiro atoms. The normalized spacial score (nSPS) is 19.5. The Labute approximate surface area is 106 Å². The number of rotatable bonds is 7. The van der Waals surface area contributed by atoms with Crippen LogP contribution in [0.1, 0.15) is 56.6 Å². The van der Waals surface area contributed by atoms with E-state index in [0.717, 1.165) is 12.5 Å². The van der Waals surface area contributed by atoms with Crippen molar-refractivity contribution in [2.24, 2.45) is 0 Å². The third-order valence-corrected chi connectivity index (χ3v) is 3.91. The molecular formula is C16H25N. The van der Waals surface area contributed by atoms with E-state index in [2.05, 4.69) is 43.4 Å². The molecular weight excluding hydrogens is 206 g/mol. The Balaban J connectivity index is 1.67. The van der Waals surface area contributed by atoms with Crippen LogP contribution in [0.25, 0.3) is 0 Å². The van der Waals surface area contributed by atoms with Crippen molar-refractivity contribution in [3.05, 3.63) is 35.4 Å². The Morgan fingerprint density at radius 3 is 2.88 bits per heavy atom. The number of unbranched alkanes of at least 4 members (excludes halogenated alkanes) is 2. The molecule has 94 valence electrons. The van der Waals surface area contributed by atoms with Gasteiger partial charge in [-0.15, -0.1) is 0 Å². The van der Waals surface area contributed by atoms with Gasteiger partial charge in [0.25, 0.3) is 0 Å². The van der Waals surface area contributed by atoms with Crippen LogP contribution in [0.4, 0.5) is 0 Å². The van der Waals surface area contributed by atoms with Gasteiger partial charge in [0.1, 0.15) is 0 Å². The highest BCUT2D eigenvalue weighted by Gasteiger charge is 2.24. The van der Waals surface area contributed by atoms with Crippen LogP contribution in [0.3, 0.4) is 0 Å². The maximum Gasteiger partial charge on any atom is 0.00389 e. The van der Waals surface area contributed by atoms with Crippen molar-refractivity contribution in [2.45, 2.75) is 57.9 Å². The maximum atomic E-state index is 3.68. The highest BCUT2D eigenvalue weighted by atomic mass is 14.9. The zero-order valence-corrected chi connectivity index (χ0v) is 11.2. The first-order valence-corrected chi connectivity index (χ1v) is 7.12. The summed E-state index contributed by atoms with van der Waals surface area (Å²) in [6.45, 7) is 5.74. The summed E-state index contributed by atoms with van der Waals surface area (Å²) < 4.78 is 0. The highest BCUT2D eigenvalue weighted by Crippen LogP contribution is 2.34. The summed E-state index contributed by atoms with van der Waals surface area (Å²) in [5, 5.41) is 3.68. The van der Waals surface area contributed by atoms with Crippen molar-refractivity contribution >= 4 is 0 Å². The van der Waals surface area contributed by atoms with Crippen LogP contribution >= 0.6 is 0 Å². The van der Waals surface area contributed by atoms with E-state index < -0.39 is 0 Å². The molecule has 0 fully saturated rings. The van der Waals surface area contributed by atoms with Gasteiger partial charge in [-0.2, -0.15) is 0 Å². The first-order valence-electron chi connectivity index (χ1n) is 7.12. The van der Waals surface area contributed by atoms with Gasteiger partial charge in [-0.3, -0.25) is 0 Å². The van der Waals surface area contributed by atoms with Crippen molar-refractivity contribution in [1.82, 2.24) is 5.32 Å². The first-order chi connectivity index (χ1) is 8.31. The topological polar surface area (TPSA) is 12.0 Å². The summed E-state index contributed by atoms with van der Waals surface area (Å²) in [6, 6.07) is 9.53. The monoisotopic (exact) mass is 231 g/mol. The second-order valence-corrected chi connectivity index (χ2v) is 5.40. The van der Waals surface area contributed by atoms with E-state index in [1.165, 1.54) is 32.1 Å². The summed E-state index contributed by atoms with van der Waals surface area (Å²) in [4.78, 5) is 0. The molecule has 0 heterocycles. The third-order valence-electron chi connectivity index (χ3n) is 3.91. The molecule has 1 aliphatic carbocycles. The molecule has 0 aliphatic heterocycles.